The van der Waals surface area contributed by atoms with E-state index in [4.69, 9.17) is 5.11 Å². The van der Waals surface area contributed by atoms with Crippen molar-refractivity contribution in [3.63, 3.8) is 0 Å². The van der Waals surface area contributed by atoms with Crippen LogP contribution in [0.1, 0.15) is 25.7 Å². The second-order valence-corrected chi connectivity index (χ2v) is 5.09. The molecule has 0 aromatic heterocycles. The Kier molecular flexibility index (Phi) is 3.07. The molecule has 0 aromatic rings. The Labute approximate surface area is 70.5 Å². The minimum Gasteiger partial charge on any atom is -0.396 e. The van der Waals surface area contributed by atoms with Crippen LogP contribution in [0, 0.1) is 5.41 Å². The maximum atomic E-state index is 10.8. The first-order chi connectivity index (χ1) is 5.18. The fourth-order valence-corrected chi connectivity index (χ4v) is 2.24. The van der Waals surface area contributed by atoms with Gasteiger partial charge in [0.05, 0.1) is 0 Å². The van der Waals surface area contributed by atoms with Gasteiger partial charge in [-0.2, -0.15) is 0 Å². The summed E-state index contributed by atoms with van der Waals surface area (Å²) < 4.78 is 10.8. The highest BCUT2D eigenvalue weighted by atomic mass is 32.2. The summed E-state index contributed by atoms with van der Waals surface area (Å²) in [5.41, 5.74) is 0.158. The van der Waals surface area contributed by atoms with E-state index < -0.39 is 10.8 Å². The molecule has 66 valence electrons. The average Bonchev–Trinajstić information content (AvgIpc) is 1.86. The first-order valence-electron chi connectivity index (χ1n) is 4.09. The van der Waals surface area contributed by atoms with Crippen LogP contribution in [0.5, 0.6) is 0 Å². The lowest BCUT2D eigenvalue weighted by atomic mass is 9.68. The zero-order chi connectivity index (χ0) is 8.32. The van der Waals surface area contributed by atoms with Crippen molar-refractivity contribution in [1.82, 2.24) is 0 Å². The van der Waals surface area contributed by atoms with Crippen LogP contribution in [0.3, 0.4) is 0 Å². The molecule has 1 aliphatic rings. The van der Waals surface area contributed by atoms with Crippen molar-refractivity contribution in [2.45, 2.75) is 25.7 Å². The molecule has 0 radical (unpaired) electrons. The van der Waals surface area contributed by atoms with Gasteiger partial charge in [-0.05, 0) is 24.7 Å². The third-order valence-electron chi connectivity index (χ3n) is 2.67. The van der Waals surface area contributed by atoms with E-state index in [1.54, 1.807) is 6.26 Å². The predicted molar refractivity (Wildman–Crippen MR) is 46.9 cm³/mol. The highest BCUT2D eigenvalue weighted by molar-refractivity contribution is 7.84. The van der Waals surface area contributed by atoms with Crippen molar-refractivity contribution in [2.75, 3.05) is 18.6 Å². The van der Waals surface area contributed by atoms with E-state index in [-0.39, 0.29) is 12.0 Å². The fourth-order valence-electron chi connectivity index (χ4n) is 1.52. The van der Waals surface area contributed by atoms with Gasteiger partial charge >= 0.3 is 0 Å². The lowest BCUT2D eigenvalue weighted by Gasteiger charge is -2.40. The van der Waals surface area contributed by atoms with Gasteiger partial charge in [0.15, 0.2) is 0 Å². The molecule has 11 heavy (non-hydrogen) atoms. The van der Waals surface area contributed by atoms with Gasteiger partial charge < -0.3 is 5.11 Å². The van der Waals surface area contributed by atoms with Crippen molar-refractivity contribution in [2.24, 2.45) is 5.41 Å². The van der Waals surface area contributed by atoms with Crippen LogP contribution in [0.4, 0.5) is 0 Å². The van der Waals surface area contributed by atoms with E-state index in [0.29, 0.717) is 0 Å². The van der Waals surface area contributed by atoms with Gasteiger partial charge in [0.1, 0.15) is 0 Å². The highest BCUT2D eigenvalue weighted by Gasteiger charge is 2.35. The zero-order valence-electron chi connectivity index (χ0n) is 7.01. The quantitative estimate of drug-likeness (QED) is 0.691. The SMILES string of the molecule is CS(=O)CCC1(CO)CCC1. The summed E-state index contributed by atoms with van der Waals surface area (Å²) >= 11 is 0. The maximum Gasteiger partial charge on any atom is 0.0487 e. The van der Waals surface area contributed by atoms with Crippen LogP contribution in [-0.2, 0) is 10.8 Å². The van der Waals surface area contributed by atoms with Crippen molar-refractivity contribution in [1.29, 1.82) is 0 Å². The fraction of sp³-hybridized carbons (Fsp3) is 1.00. The number of rotatable bonds is 4. The average molecular weight is 176 g/mol. The van der Waals surface area contributed by atoms with Gasteiger partial charge in [-0.15, -0.1) is 0 Å². The normalized spacial score (nSPS) is 24.2. The van der Waals surface area contributed by atoms with E-state index in [2.05, 4.69) is 0 Å². The third kappa shape index (κ3) is 2.27. The minimum absolute atomic E-state index is 0.158. The molecule has 0 heterocycles. The molecule has 1 rings (SSSR count). The standard InChI is InChI=1S/C8H16O2S/c1-11(10)6-5-8(7-9)3-2-4-8/h9H,2-7H2,1H3. The molecule has 1 N–H and O–H groups in total. The molecule has 1 aliphatic carbocycles. The van der Waals surface area contributed by atoms with Gasteiger partial charge in [0.2, 0.25) is 0 Å². The summed E-state index contributed by atoms with van der Waals surface area (Å²) in [5.74, 6) is 0.751. The Morgan fingerprint density at radius 3 is 2.45 bits per heavy atom. The van der Waals surface area contributed by atoms with Crippen LogP contribution in [0.15, 0.2) is 0 Å². The summed E-state index contributed by atoms with van der Waals surface area (Å²) in [5, 5.41) is 9.05. The van der Waals surface area contributed by atoms with E-state index in [9.17, 15) is 4.21 Å². The summed E-state index contributed by atoms with van der Waals surface area (Å²) in [7, 11) is -0.692. The largest absolute Gasteiger partial charge is 0.396 e. The molecule has 3 heteroatoms. The molecule has 1 saturated carbocycles. The molecular formula is C8H16O2S. The Hall–Kier alpha value is 0.110. The molecule has 0 spiro atoms. The van der Waals surface area contributed by atoms with Crippen molar-refractivity contribution < 1.29 is 9.32 Å². The number of aliphatic hydroxyl groups excluding tert-OH is 1. The Bertz CT molecular complexity index is 147. The van der Waals surface area contributed by atoms with E-state index in [1.165, 1.54) is 6.42 Å². The molecular weight excluding hydrogens is 160 g/mol. The molecule has 0 aromatic carbocycles. The summed E-state index contributed by atoms with van der Waals surface area (Å²) in [6.45, 7) is 0.282. The Balaban J connectivity index is 2.27. The minimum atomic E-state index is -0.692. The lowest BCUT2D eigenvalue weighted by molar-refractivity contribution is 0.0420. The number of aliphatic hydroxyl groups is 1. The first kappa shape index (κ1) is 9.20. The van der Waals surface area contributed by atoms with Crippen LogP contribution in [0.25, 0.3) is 0 Å². The van der Waals surface area contributed by atoms with Crippen LogP contribution in [0.2, 0.25) is 0 Å². The Morgan fingerprint density at radius 2 is 2.18 bits per heavy atom. The molecule has 0 amide bonds. The number of hydrogen-bond acceptors (Lipinski definition) is 2. The molecule has 0 aliphatic heterocycles. The second-order valence-electron chi connectivity index (χ2n) is 3.54. The van der Waals surface area contributed by atoms with Crippen molar-refractivity contribution in [3.8, 4) is 0 Å². The van der Waals surface area contributed by atoms with Crippen LogP contribution >= 0.6 is 0 Å². The molecule has 1 fully saturated rings. The Morgan fingerprint density at radius 1 is 1.55 bits per heavy atom. The van der Waals surface area contributed by atoms with Gasteiger partial charge in [-0.1, -0.05) is 6.42 Å². The van der Waals surface area contributed by atoms with Crippen LogP contribution < -0.4 is 0 Å². The van der Waals surface area contributed by atoms with Crippen molar-refractivity contribution >= 4 is 10.8 Å². The molecule has 0 saturated heterocycles. The molecule has 0 bridgehead atoms. The van der Waals surface area contributed by atoms with Crippen LogP contribution in [-0.4, -0.2) is 27.9 Å². The monoisotopic (exact) mass is 176 g/mol. The van der Waals surface area contributed by atoms with E-state index in [1.807, 2.05) is 0 Å². The maximum absolute atomic E-state index is 10.8. The van der Waals surface area contributed by atoms with E-state index in [0.717, 1.165) is 25.0 Å². The first-order valence-corrected chi connectivity index (χ1v) is 5.82. The third-order valence-corrected chi connectivity index (χ3v) is 3.45. The molecule has 2 nitrogen and oxygen atoms in total. The van der Waals surface area contributed by atoms with Gasteiger partial charge in [-0.3, -0.25) is 4.21 Å². The molecule has 1 atom stereocenters. The summed E-state index contributed by atoms with van der Waals surface area (Å²) in [6, 6.07) is 0. The number of hydrogen-bond donors (Lipinski definition) is 1. The van der Waals surface area contributed by atoms with Crippen molar-refractivity contribution in [3.05, 3.63) is 0 Å². The second kappa shape index (κ2) is 3.68. The summed E-state index contributed by atoms with van der Waals surface area (Å²) in [6.07, 6.45) is 6.15. The predicted octanol–water partition coefficient (Wildman–Crippen LogP) is 0.918. The van der Waals surface area contributed by atoms with E-state index >= 15 is 0 Å². The van der Waals surface area contributed by atoms with Gasteiger partial charge in [0.25, 0.3) is 0 Å². The zero-order valence-corrected chi connectivity index (χ0v) is 7.82. The lowest BCUT2D eigenvalue weighted by Crippen LogP contribution is -2.34. The smallest absolute Gasteiger partial charge is 0.0487 e. The van der Waals surface area contributed by atoms with Gasteiger partial charge in [-0.25, -0.2) is 0 Å². The molecule has 1 unspecified atom stereocenters. The topological polar surface area (TPSA) is 37.3 Å². The van der Waals surface area contributed by atoms with Gasteiger partial charge in [0, 0.05) is 29.4 Å². The summed E-state index contributed by atoms with van der Waals surface area (Å²) in [4.78, 5) is 0. The highest BCUT2D eigenvalue weighted by Crippen LogP contribution is 2.43.